The lowest BCUT2D eigenvalue weighted by molar-refractivity contribution is 0.107. The summed E-state index contributed by atoms with van der Waals surface area (Å²) in [6.07, 6.45) is 10.9. The van der Waals surface area contributed by atoms with Crippen molar-refractivity contribution in [2.75, 3.05) is 19.8 Å². The molecule has 0 amide bonds. The second-order valence-electron chi connectivity index (χ2n) is 5.61. The van der Waals surface area contributed by atoms with Crippen LogP contribution in [0.1, 0.15) is 72.1 Å². The third-order valence-electron chi connectivity index (χ3n) is 3.45. The lowest BCUT2D eigenvalue weighted by atomic mass is 10.1. The van der Waals surface area contributed by atoms with Crippen molar-refractivity contribution in [3.63, 3.8) is 0 Å². The fourth-order valence-electron chi connectivity index (χ4n) is 2.26. The van der Waals surface area contributed by atoms with Crippen molar-refractivity contribution < 1.29 is 18.3 Å². The Morgan fingerprint density at radius 1 is 1.00 bits per heavy atom. The Labute approximate surface area is 148 Å². The van der Waals surface area contributed by atoms with Crippen LogP contribution >= 0.6 is 7.60 Å². The summed E-state index contributed by atoms with van der Waals surface area (Å²) in [4.78, 5) is 0. The second-order valence-corrected chi connectivity index (χ2v) is 7.34. The molecule has 24 heavy (non-hydrogen) atoms. The van der Waals surface area contributed by atoms with Gasteiger partial charge in [-0.1, -0.05) is 57.4 Å². The number of hydrogen-bond donors (Lipinski definition) is 0. The standard InChI is InChI=1S/C19H35O4P/c1-5-9-10-11-12-13-14-15-19(21-17-6-2)16-18-24(20,22-7-3)23-8-4/h6,19H,2,5,7-15,17H2,1,3-4H3. The van der Waals surface area contributed by atoms with E-state index < -0.39 is 7.60 Å². The Kier molecular flexibility index (Phi) is 15.5. The molecule has 140 valence electrons. The van der Waals surface area contributed by atoms with Crippen LogP contribution in [0.15, 0.2) is 12.7 Å². The Hall–Kier alpha value is -0.590. The molecule has 0 aromatic rings. The lowest BCUT2D eigenvalue weighted by Crippen LogP contribution is -2.11. The van der Waals surface area contributed by atoms with Crippen LogP contribution < -0.4 is 0 Å². The van der Waals surface area contributed by atoms with Gasteiger partial charge < -0.3 is 4.74 Å². The molecule has 1 unspecified atom stereocenters. The zero-order valence-electron chi connectivity index (χ0n) is 15.7. The van der Waals surface area contributed by atoms with Crippen molar-refractivity contribution in [1.82, 2.24) is 0 Å². The summed E-state index contributed by atoms with van der Waals surface area (Å²) in [5.74, 6) is 2.94. The maximum Gasteiger partial charge on any atom is 0.405 e. The monoisotopic (exact) mass is 358 g/mol. The van der Waals surface area contributed by atoms with Gasteiger partial charge in [0.05, 0.1) is 19.8 Å². The molecule has 4 nitrogen and oxygen atoms in total. The minimum atomic E-state index is -3.33. The maximum atomic E-state index is 12.4. The van der Waals surface area contributed by atoms with E-state index in [2.05, 4.69) is 25.1 Å². The molecular formula is C19H35O4P. The van der Waals surface area contributed by atoms with Crippen molar-refractivity contribution >= 4 is 7.60 Å². The van der Waals surface area contributed by atoms with Gasteiger partial charge in [-0.05, 0) is 26.7 Å². The van der Waals surface area contributed by atoms with Gasteiger partial charge in [0.1, 0.15) is 6.10 Å². The zero-order chi connectivity index (χ0) is 18.1. The van der Waals surface area contributed by atoms with Gasteiger partial charge >= 0.3 is 7.60 Å². The first-order valence-corrected chi connectivity index (χ1v) is 10.8. The summed E-state index contributed by atoms with van der Waals surface area (Å²) in [5, 5.41) is 0. The Balaban J connectivity index is 4.42. The topological polar surface area (TPSA) is 44.8 Å². The van der Waals surface area contributed by atoms with Crippen molar-refractivity contribution in [3.8, 4) is 11.6 Å². The molecule has 1 atom stereocenters. The predicted molar refractivity (Wildman–Crippen MR) is 101 cm³/mol. The van der Waals surface area contributed by atoms with Crippen molar-refractivity contribution in [1.29, 1.82) is 0 Å². The Morgan fingerprint density at radius 2 is 1.58 bits per heavy atom. The first-order valence-electron chi connectivity index (χ1n) is 9.26. The summed E-state index contributed by atoms with van der Waals surface area (Å²) in [7, 11) is -3.33. The van der Waals surface area contributed by atoms with Crippen molar-refractivity contribution in [2.24, 2.45) is 0 Å². The molecule has 0 saturated carbocycles. The van der Waals surface area contributed by atoms with Crippen LogP contribution in [-0.2, 0) is 18.3 Å². The minimum absolute atomic E-state index is 0.257. The Morgan fingerprint density at radius 3 is 2.12 bits per heavy atom. The van der Waals surface area contributed by atoms with Crippen LogP contribution in [0, 0.1) is 11.6 Å². The van der Waals surface area contributed by atoms with Gasteiger partial charge in [0.2, 0.25) is 0 Å². The first kappa shape index (κ1) is 23.4. The van der Waals surface area contributed by atoms with Gasteiger partial charge in [-0.2, -0.15) is 0 Å². The van der Waals surface area contributed by atoms with E-state index in [1.54, 1.807) is 19.9 Å². The van der Waals surface area contributed by atoms with E-state index >= 15 is 0 Å². The van der Waals surface area contributed by atoms with E-state index in [0.717, 1.165) is 12.8 Å². The molecule has 0 bridgehead atoms. The molecule has 0 aliphatic rings. The molecule has 5 heteroatoms. The minimum Gasteiger partial charge on any atom is -0.361 e. The van der Waals surface area contributed by atoms with Gasteiger partial charge in [0.15, 0.2) is 0 Å². The van der Waals surface area contributed by atoms with Crippen LogP contribution in [-0.4, -0.2) is 25.9 Å². The molecule has 0 aliphatic heterocycles. The largest absolute Gasteiger partial charge is 0.405 e. The fraction of sp³-hybridized carbons (Fsp3) is 0.789. The number of ether oxygens (including phenoxy) is 1. The van der Waals surface area contributed by atoms with E-state index in [9.17, 15) is 4.57 Å². The van der Waals surface area contributed by atoms with E-state index in [-0.39, 0.29) is 6.10 Å². The third-order valence-corrected chi connectivity index (χ3v) is 5.04. The van der Waals surface area contributed by atoms with Crippen LogP contribution in [0.25, 0.3) is 0 Å². The van der Waals surface area contributed by atoms with Crippen LogP contribution in [0.5, 0.6) is 0 Å². The summed E-state index contributed by atoms with van der Waals surface area (Å²) < 4.78 is 28.4. The SMILES string of the molecule is C=CCOC(C#CP(=O)(OCC)OCC)CCCCCCCCC. The van der Waals surface area contributed by atoms with Gasteiger partial charge in [0.25, 0.3) is 0 Å². The summed E-state index contributed by atoms with van der Waals surface area (Å²) in [5.41, 5.74) is 2.68. The molecule has 0 aromatic carbocycles. The average molecular weight is 358 g/mol. The smallest absolute Gasteiger partial charge is 0.361 e. The highest BCUT2D eigenvalue weighted by atomic mass is 31.2. The number of unbranched alkanes of at least 4 members (excludes halogenated alkanes) is 6. The van der Waals surface area contributed by atoms with E-state index in [1.807, 2.05) is 0 Å². The molecule has 0 heterocycles. The summed E-state index contributed by atoms with van der Waals surface area (Å²) in [6, 6.07) is 0. The summed E-state index contributed by atoms with van der Waals surface area (Å²) >= 11 is 0. The normalized spacial score (nSPS) is 12.5. The quantitative estimate of drug-likeness (QED) is 0.158. The maximum absolute atomic E-state index is 12.4. The number of rotatable bonds is 15. The molecule has 0 fully saturated rings. The van der Waals surface area contributed by atoms with Gasteiger partial charge in [-0.25, -0.2) is 4.57 Å². The first-order chi connectivity index (χ1) is 11.6. The van der Waals surface area contributed by atoms with E-state index in [1.165, 1.54) is 38.5 Å². The highest BCUT2D eigenvalue weighted by molar-refractivity contribution is 7.59. The van der Waals surface area contributed by atoms with Gasteiger partial charge in [0, 0.05) is 5.66 Å². The lowest BCUT2D eigenvalue weighted by Gasteiger charge is -2.13. The average Bonchev–Trinajstić information content (AvgIpc) is 2.56. The predicted octanol–water partition coefficient (Wildman–Crippen LogP) is 5.93. The summed E-state index contributed by atoms with van der Waals surface area (Å²) in [6.45, 7) is 10.5. The molecule has 0 radical (unpaired) electrons. The van der Waals surface area contributed by atoms with Crippen LogP contribution in [0.3, 0.4) is 0 Å². The molecular weight excluding hydrogens is 323 g/mol. The molecule has 0 saturated heterocycles. The van der Waals surface area contributed by atoms with Crippen LogP contribution in [0.2, 0.25) is 0 Å². The van der Waals surface area contributed by atoms with Gasteiger partial charge in [-0.15, -0.1) is 6.58 Å². The molecule has 0 aromatic heterocycles. The highest BCUT2D eigenvalue weighted by Crippen LogP contribution is 2.46. The third kappa shape index (κ3) is 12.8. The number of hydrogen-bond acceptors (Lipinski definition) is 4. The van der Waals surface area contributed by atoms with Crippen LogP contribution in [0.4, 0.5) is 0 Å². The van der Waals surface area contributed by atoms with Gasteiger partial charge in [-0.3, -0.25) is 9.05 Å². The molecule has 0 rings (SSSR count). The molecule has 0 aliphatic carbocycles. The van der Waals surface area contributed by atoms with E-state index in [4.69, 9.17) is 13.8 Å². The second kappa shape index (κ2) is 15.9. The van der Waals surface area contributed by atoms with Crippen molar-refractivity contribution in [3.05, 3.63) is 12.7 Å². The fourth-order valence-corrected chi connectivity index (χ4v) is 3.45. The van der Waals surface area contributed by atoms with Crippen molar-refractivity contribution in [2.45, 2.75) is 78.2 Å². The zero-order valence-corrected chi connectivity index (χ0v) is 16.6. The molecule has 0 N–H and O–H groups in total. The highest BCUT2D eigenvalue weighted by Gasteiger charge is 2.20. The Bertz CT molecular complexity index is 401. The molecule has 0 spiro atoms. The van der Waals surface area contributed by atoms with E-state index in [0.29, 0.717) is 19.8 Å².